The van der Waals surface area contributed by atoms with Crippen molar-refractivity contribution >= 4 is 17.4 Å². The predicted octanol–water partition coefficient (Wildman–Crippen LogP) is 2.78. The van der Waals surface area contributed by atoms with Crippen molar-refractivity contribution in [3.05, 3.63) is 42.5 Å². The third-order valence-corrected chi connectivity index (χ3v) is 4.59. The quantitative estimate of drug-likeness (QED) is 0.905. The van der Waals surface area contributed by atoms with E-state index in [0.29, 0.717) is 12.5 Å². The van der Waals surface area contributed by atoms with Crippen LogP contribution in [0.15, 0.2) is 41.3 Å². The van der Waals surface area contributed by atoms with Crippen molar-refractivity contribution in [1.82, 2.24) is 9.88 Å². The number of pyridine rings is 1. The van der Waals surface area contributed by atoms with Gasteiger partial charge in [0.15, 0.2) is 0 Å². The number of likely N-dealkylation sites (tertiary alicyclic amines) is 1. The van der Waals surface area contributed by atoms with E-state index in [0.717, 1.165) is 49.4 Å². The van der Waals surface area contributed by atoms with Crippen LogP contribution in [-0.4, -0.2) is 49.0 Å². The topological polar surface area (TPSA) is 61.6 Å². The van der Waals surface area contributed by atoms with Gasteiger partial charge in [0.1, 0.15) is 5.82 Å². The number of nitrogens with one attached hydrogen (secondary N) is 1. The molecule has 3 heterocycles. The van der Waals surface area contributed by atoms with E-state index in [1.54, 1.807) is 12.5 Å². The molecule has 1 aliphatic heterocycles. The molecule has 6 heteroatoms. The van der Waals surface area contributed by atoms with Gasteiger partial charge in [-0.05, 0) is 43.0 Å². The van der Waals surface area contributed by atoms with Crippen LogP contribution in [0.4, 0.5) is 11.5 Å². The molecule has 1 aliphatic rings. The van der Waals surface area contributed by atoms with E-state index in [4.69, 9.17) is 4.42 Å². The molecule has 6 nitrogen and oxygen atoms in total. The van der Waals surface area contributed by atoms with Crippen LogP contribution in [0.1, 0.15) is 24.8 Å². The highest BCUT2D eigenvalue weighted by Gasteiger charge is 2.21. The molecule has 1 atom stereocenters. The maximum Gasteiger partial charge on any atom is 0.227 e. The molecule has 25 heavy (non-hydrogen) atoms. The van der Waals surface area contributed by atoms with Gasteiger partial charge in [0, 0.05) is 33.2 Å². The summed E-state index contributed by atoms with van der Waals surface area (Å²) in [5.74, 6) is 1.13. The molecule has 1 amide bonds. The Morgan fingerprint density at radius 1 is 1.32 bits per heavy atom. The van der Waals surface area contributed by atoms with Gasteiger partial charge in [-0.15, -0.1) is 0 Å². The summed E-state index contributed by atoms with van der Waals surface area (Å²) in [6, 6.07) is 6.30. The standard InChI is InChI=1S/C19H26N4O2/c1-22(2)18-6-5-17(13-20-18)21-16-4-3-9-23(10-7-16)19(24)12-15-8-11-25-14-15/h5-6,8,11,13-14,16,21H,3-4,7,9-10,12H2,1-2H3/t16-/m1/s1. The van der Waals surface area contributed by atoms with Crippen molar-refractivity contribution in [2.75, 3.05) is 37.4 Å². The third-order valence-electron chi connectivity index (χ3n) is 4.59. The van der Waals surface area contributed by atoms with E-state index in [1.807, 2.05) is 42.2 Å². The molecule has 0 aliphatic carbocycles. The number of hydrogen-bond acceptors (Lipinski definition) is 5. The molecule has 2 aromatic heterocycles. The Labute approximate surface area is 148 Å². The number of hydrogen-bond donors (Lipinski definition) is 1. The molecular formula is C19H26N4O2. The number of anilines is 2. The minimum Gasteiger partial charge on any atom is -0.472 e. The van der Waals surface area contributed by atoms with Crippen molar-refractivity contribution in [1.29, 1.82) is 0 Å². The Bertz CT molecular complexity index is 667. The lowest BCUT2D eigenvalue weighted by Crippen LogP contribution is -2.33. The fraction of sp³-hybridized carbons (Fsp3) is 0.474. The largest absolute Gasteiger partial charge is 0.472 e. The molecule has 1 fully saturated rings. The van der Waals surface area contributed by atoms with Gasteiger partial charge in [-0.3, -0.25) is 4.79 Å². The predicted molar refractivity (Wildman–Crippen MR) is 98.8 cm³/mol. The second-order valence-corrected chi connectivity index (χ2v) is 6.76. The normalized spacial score (nSPS) is 17.8. The van der Waals surface area contributed by atoms with Crippen LogP contribution in [0, 0.1) is 0 Å². The fourth-order valence-electron chi connectivity index (χ4n) is 3.14. The van der Waals surface area contributed by atoms with Gasteiger partial charge in [0.05, 0.1) is 30.8 Å². The summed E-state index contributed by atoms with van der Waals surface area (Å²) in [4.78, 5) is 20.8. The molecule has 0 saturated carbocycles. The summed E-state index contributed by atoms with van der Waals surface area (Å²) in [5.41, 5.74) is 1.98. The van der Waals surface area contributed by atoms with Crippen LogP contribution in [0.3, 0.4) is 0 Å². The van der Waals surface area contributed by atoms with Gasteiger partial charge in [0.2, 0.25) is 5.91 Å². The van der Waals surface area contributed by atoms with E-state index < -0.39 is 0 Å². The van der Waals surface area contributed by atoms with Gasteiger partial charge in [-0.25, -0.2) is 4.98 Å². The van der Waals surface area contributed by atoms with E-state index in [1.165, 1.54) is 0 Å². The number of rotatable bonds is 5. The van der Waals surface area contributed by atoms with Crippen LogP contribution in [0.5, 0.6) is 0 Å². The fourth-order valence-corrected chi connectivity index (χ4v) is 3.14. The van der Waals surface area contributed by atoms with Gasteiger partial charge in [-0.2, -0.15) is 0 Å². The molecule has 0 bridgehead atoms. The number of nitrogens with zero attached hydrogens (tertiary/aromatic N) is 3. The Kier molecular flexibility index (Phi) is 5.58. The minimum atomic E-state index is 0.180. The Hall–Kier alpha value is -2.50. The van der Waals surface area contributed by atoms with Crippen LogP contribution < -0.4 is 10.2 Å². The summed E-state index contributed by atoms with van der Waals surface area (Å²) < 4.78 is 5.04. The van der Waals surface area contributed by atoms with Crippen molar-refractivity contribution in [3.63, 3.8) is 0 Å². The Balaban J connectivity index is 1.51. The molecule has 1 N–H and O–H groups in total. The summed E-state index contributed by atoms with van der Waals surface area (Å²) in [5, 5.41) is 3.56. The second-order valence-electron chi connectivity index (χ2n) is 6.76. The third kappa shape index (κ3) is 4.75. The first-order valence-electron chi connectivity index (χ1n) is 8.80. The van der Waals surface area contributed by atoms with Crippen molar-refractivity contribution in [2.45, 2.75) is 31.7 Å². The van der Waals surface area contributed by atoms with Crippen LogP contribution in [0.2, 0.25) is 0 Å². The lowest BCUT2D eigenvalue weighted by molar-refractivity contribution is -0.130. The number of aromatic nitrogens is 1. The summed E-state index contributed by atoms with van der Waals surface area (Å²) in [7, 11) is 3.96. The van der Waals surface area contributed by atoms with E-state index in [-0.39, 0.29) is 5.91 Å². The zero-order valence-electron chi connectivity index (χ0n) is 14.9. The molecule has 3 rings (SSSR count). The Morgan fingerprint density at radius 2 is 2.20 bits per heavy atom. The first-order chi connectivity index (χ1) is 12.1. The number of amides is 1. The number of carbonyl (C=O) groups is 1. The van der Waals surface area contributed by atoms with Gasteiger partial charge >= 0.3 is 0 Å². The highest BCUT2D eigenvalue weighted by molar-refractivity contribution is 5.78. The van der Waals surface area contributed by atoms with Gasteiger partial charge < -0.3 is 19.5 Å². The van der Waals surface area contributed by atoms with E-state index in [2.05, 4.69) is 16.4 Å². The first kappa shape index (κ1) is 17.3. The maximum atomic E-state index is 12.4. The zero-order chi connectivity index (χ0) is 17.6. The smallest absolute Gasteiger partial charge is 0.227 e. The highest BCUT2D eigenvalue weighted by Crippen LogP contribution is 2.19. The monoisotopic (exact) mass is 342 g/mol. The van der Waals surface area contributed by atoms with Crippen LogP contribution in [-0.2, 0) is 11.2 Å². The first-order valence-corrected chi connectivity index (χ1v) is 8.80. The molecule has 0 unspecified atom stereocenters. The van der Waals surface area contributed by atoms with Gasteiger partial charge in [0.25, 0.3) is 0 Å². The van der Waals surface area contributed by atoms with Crippen molar-refractivity contribution < 1.29 is 9.21 Å². The maximum absolute atomic E-state index is 12.4. The lowest BCUT2D eigenvalue weighted by atomic mass is 10.1. The number of carbonyl (C=O) groups excluding carboxylic acids is 1. The molecule has 0 aromatic carbocycles. The van der Waals surface area contributed by atoms with Crippen LogP contribution in [0.25, 0.3) is 0 Å². The highest BCUT2D eigenvalue weighted by atomic mass is 16.3. The SMILES string of the molecule is CN(C)c1ccc(N[C@@H]2CCCN(C(=O)Cc3ccoc3)CC2)cn1. The van der Waals surface area contributed by atoms with E-state index in [9.17, 15) is 4.79 Å². The summed E-state index contributed by atoms with van der Waals surface area (Å²) >= 11 is 0. The summed E-state index contributed by atoms with van der Waals surface area (Å²) in [6.45, 7) is 1.62. The average molecular weight is 342 g/mol. The average Bonchev–Trinajstić information content (AvgIpc) is 2.99. The zero-order valence-corrected chi connectivity index (χ0v) is 14.9. The lowest BCUT2D eigenvalue weighted by Gasteiger charge is -2.21. The second kappa shape index (κ2) is 8.05. The molecule has 134 valence electrons. The van der Waals surface area contributed by atoms with E-state index >= 15 is 0 Å². The summed E-state index contributed by atoms with van der Waals surface area (Å²) in [6.07, 6.45) is 8.58. The number of furan rings is 1. The molecule has 0 spiro atoms. The molecular weight excluding hydrogens is 316 g/mol. The molecule has 1 saturated heterocycles. The Morgan fingerprint density at radius 3 is 2.88 bits per heavy atom. The van der Waals surface area contributed by atoms with Crippen molar-refractivity contribution in [2.24, 2.45) is 0 Å². The molecule has 2 aromatic rings. The molecule has 0 radical (unpaired) electrons. The van der Waals surface area contributed by atoms with Crippen molar-refractivity contribution in [3.8, 4) is 0 Å². The van der Waals surface area contributed by atoms with Gasteiger partial charge in [-0.1, -0.05) is 0 Å². The van der Waals surface area contributed by atoms with Crippen LogP contribution >= 0.6 is 0 Å². The minimum absolute atomic E-state index is 0.180.